The molecule has 1 aliphatic carbocycles. The highest BCUT2D eigenvalue weighted by Crippen LogP contribution is 2.48. The van der Waals surface area contributed by atoms with Crippen LogP contribution in [0.4, 0.5) is 0 Å². The van der Waals surface area contributed by atoms with E-state index in [0.29, 0.717) is 0 Å². The Morgan fingerprint density at radius 2 is 1.55 bits per heavy atom. The van der Waals surface area contributed by atoms with E-state index in [-0.39, 0.29) is 0 Å². The Balaban J connectivity index is 0.000000292. The summed E-state index contributed by atoms with van der Waals surface area (Å²) in [5, 5.41) is 0. The molecule has 1 rings (SSSR count). The third kappa shape index (κ3) is 6.40. The third-order valence-electron chi connectivity index (χ3n) is 2.24. The van der Waals surface area contributed by atoms with Gasteiger partial charge in [-0.2, -0.15) is 0 Å². The summed E-state index contributed by atoms with van der Waals surface area (Å²) in [5.74, 6) is 0. The molecular weight excluding hydrogens is 132 g/mol. The zero-order valence-corrected chi connectivity index (χ0v) is 8.74. The minimum absolute atomic E-state index is 0.802. The molecule has 0 heterocycles. The molecule has 0 aromatic heterocycles. The molecule has 0 spiro atoms. The average Bonchev–Trinajstić information content (AvgIpc) is 2.67. The van der Waals surface area contributed by atoms with Crippen LogP contribution < -0.4 is 0 Å². The van der Waals surface area contributed by atoms with E-state index in [4.69, 9.17) is 0 Å². The van der Waals surface area contributed by atoms with Gasteiger partial charge in [-0.1, -0.05) is 47.0 Å². The Labute approximate surface area is 72.4 Å². The molecule has 68 valence electrons. The third-order valence-corrected chi connectivity index (χ3v) is 2.24. The summed E-state index contributed by atoms with van der Waals surface area (Å²) in [6, 6.07) is 0. The summed E-state index contributed by atoms with van der Waals surface area (Å²) < 4.78 is 0. The Morgan fingerprint density at radius 3 is 1.82 bits per heavy atom. The lowest BCUT2D eigenvalue weighted by Crippen LogP contribution is -1.90. The fourth-order valence-electron chi connectivity index (χ4n) is 1.07. The van der Waals surface area contributed by atoms with Gasteiger partial charge in [0.15, 0.2) is 0 Å². The van der Waals surface area contributed by atoms with Crippen molar-refractivity contribution in [3.05, 3.63) is 0 Å². The molecule has 0 unspecified atom stereocenters. The van der Waals surface area contributed by atoms with Crippen LogP contribution in [0.2, 0.25) is 0 Å². The van der Waals surface area contributed by atoms with E-state index >= 15 is 0 Å². The first-order valence-corrected chi connectivity index (χ1v) is 5.18. The van der Waals surface area contributed by atoms with E-state index < -0.39 is 0 Å². The number of hydrogen-bond acceptors (Lipinski definition) is 0. The van der Waals surface area contributed by atoms with Crippen LogP contribution in [0.3, 0.4) is 0 Å². The predicted molar refractivity (Wildman–Crippen MR) is 52.8 cm³/mol. The maximum atomic E-state index is 2.41. The zero-order chi connectivity index (χ0) is 8.74. The normalized spacial score (nSPS) is 18.5. The number of hydrogen-bond donors (Lipinski definition) is 0. The van der Waals surface area contributed by atoms with Gasteiger partial charge >= 0.3 is 0 Å². The Bertz CT molecular complexity index is 80.0. The SMILES string of the molecule is CCC.CCCCC1(C)CC1. The maximum Gasteiger partial charge on any atom is -0.0325 e. The molecule has 1 fully saturated rings. The predicted octanol–water partition coefficient (Wildman–Crippen LogP) is 4.39. The lowest BCUT2D eigenvalue weighted by Gasteiger charge is -2.03. The summed E-state index contributed by atoms with van der Waals surface area (Å²) in [4.78, 5) is 0. The zero-order valence-electron chi connectivity index (χ0n) is 8.74. The van der Waals surface area contributed by atoms with Crippen molar-refractivity contribution in [3.63, 3.8) is 0 Å². The first-order valence-electron chi connectivity index (χ1n) is 5.18. The van der Waals surface area contributed by atoms with E-state index in [0.717, 1.165) is 5.41 Å². The van der Waals surface area contributed by atoms with Gasteiger partial charge in [0.25, 0.3) is 0 Å². The fraction of sp³-hybridized carbons (Fsp3) is 1.00. The first kappa shape index (κ1) is 11.0. The highest BCUT2D eigenvalue weighted by molar-refractivity contribution is 4.87. The molecule has 0 radical (unpaired) electrons. The fourth-order valence-corrected chi connectivity index (χ4v) is 1.07. The van der Waals surface area contributed by atoms with Crippen LogP contribution in [0.25, 0.3) is 0 Å². The summed E-state index contributed by atoms with van der Waals surface area (Å²) >= 11 is 0. The van der Waals surface area contributed by atoms with Crippen LogP contribution in [0, 0.1) is 5.41 Å². The van der Waals surface area contributed by atoms with Crippen LogP contribution in [0.1, 0.15) is 66.2 Å². The van der Waals surface area contributed by atoms with Crippen molar-refractivity contribution >= 4 is 0 Å². The second-order valence-corrected chi connectivity index (χ2v) is 4.12. The van der Waals surface area contributed by atoms with Gasteiger partial charge < -0.3 is 0 Å². The molecule has 0 N–H and O–H groups in total. The van der Waals surface area contributed by atoms with Crippen LogP contribution in [-0.2, 0) is 0 Å². The molecule has 1 saturated carbocycles. The standard InChI is InChI=1S/C8H16.C3H8/c1-3-4-5-8(2)6-7-8;1-3-2/h3-7H2,1-2H3;3H2,1-2H3. The smallest absolute Gasteiger partial charge is 0.0325 e. The van der Waals surface area contributed by atoms with Gasteiger partial charge in [0, 0.05) is 0 Å². The monoisotopic (exact) mass is 156 g/mol. The molecule has 0 heteroatoms. The largest absolute Gasteiger partial charge is 0.0656 e. The molecule has 0 bridgehead atoms. The van der Waals surface area contributed by atoms with Crippen molar-refractivity contribution in [3.8, 4) is 0 Å². The molecule has 1 aliphatic rings. The van der Waals surface area contributed by atoms with E-state index in [1.807, 2.05) is 0 Å². The quantitative estimate of drug-likeness (QED) is 0.568. The Kier molecular flexibility index (Phi) is 5.62. The topological polar surface area (TPSA) is 0 Å². The van der Waals surface area contributed by atoms with Gasteiger partial charge in [0.1, 0.15) is 0 Å². The minimum Gasteiger partial charge on any atom is -0.0656 e. The second-order valence-electron chi connectivity index (χ2n) is 4.12. The molecule has 0 saturated heterocycles. The Hall–Kier alpha value is 0. The van der Waals surface area contributed by atoms with Gasteiger partial charge in [-0.3, -0.25) is 0 Å². The van der Waals surface area contributed by atoms with Crippen molar-refractivity contribution in [1.82, 2.24) is 0 Å². The Morgan fingerprint density at radius 1 is 1.09 bits per heavy atom. The summed E-state index contributed by atoms with van der Waals surface area (Å²) in [6.07, 6.45) is 8.52. The van der Waals surface area contributed by atoms with E-state index in [9.17, 15) is 0 Å². The molecule has 0 atom stereocenters. The van der Waals surface area contributed by atoms with Crippen LogP contribution in [-0.4, -0.2) is 0 Å². The maximum absolute atomic E-state index is 2.41. The summed E-state index contributed by atoms with van der Waals surface area (Å²) in [5.41, 5.74) is 0.802. The minimum atomic E-state index is 0.802. The van der Waals surface area contributed by atoms with Gasteiger partial charge in [-0.15, -0.1) is 0 Å². The molecular formula is C11H24. The molecule has 0 aliphatic heterocycles. The van der Waals surface area contributed by atoms with E-state index in [1.165, 1.54) is 38.5 Å². The molecule has 11 heavy (non-hydrogen) atoms. The van der Waals surface area contributed by atoms with Crippen LogP contribution in [0.15, 0.2) is 0 Å². The highest BCUT2D eigenvalue weighted by atomic mass is 14.4. The van der Waals surface area contributed by atoms with Crippen molar-refractivity contribution in [2.24, 2.45) is 5.41 Å². The van der Waals surface area contributed by atoms with Crippen molar-refractivity contribution in [2.45, 2.75) is 66.2 Å². The van der Waals surface area contributed by atoms with E-state index in [2.05, 4.69) is 27.7 Å². The van der Waals surface area contributed by atoms with E-state index in [1.54, 1.807) is 0 Å². The highest BCUT2D eigenvalue weighted by Gasteiger charge is 2.35. The molecule has 0 aromatic rings. The average molecular weight is 156 g/mol. The lowest BCUT2D eigenvalue weighted by atomic mass is 10.0. The van der Waals surface area contributed by atoms with Crippen molar-refractivity contribution in [1.29, 1.82) is 0 Å². The first-order chi connectivity index (χ1) is 5.18. The summed E-state index contributed by atoms with van der Waals surface area (Å²) in [7, 11) is 0. The van der Waals surface area contributed by atoms with Crippen molar-refractivity contribution in [2.75, 3.05) is 0 Å². The number of rotatable bonds is 3. The van der Waals surface area contributed by atoms with Gasteiger partial charge in [0.05, 0.1) is 0 Å². The van der Waals surface area contributed by atoms with Gasteiger partial charge in [0.2, 0.25) is 0 Å². The summed E-state index contributed by atoms with van der Waals surface area (Å²) in [6.45, 7) is 8.93. The van der Waals surface area contributed by atoms with Gasteiger partial charge in [-0.05, 0) is 24.7 Å². The molecule has 0 amide bonds. The molecule has 0 nitrogen and oxygen atoms in total. The van der Waals surface area contributed by atoms with Crippen molar-refractivity contribution < 1.29 is 0 Å². The van der Waals surface area contributed by atoms with Crippen LogP contribution in [0.5, 0.6) is 0 Å². The lowest BCUT2D eigenvalue weighted by molar-refractivity contribution is 0.490. The van der Waals surface area contributed by atoms with Crippen LogP contribution >= 0.6 is 0 Å². The second kappa shape index (κ2) is 5.62. The molecule has 0 aromatic carbocycles. The van der Waals surface area contributed by atoms with Gasteiger partial charge in [-0.25, -0.2) is 0 Å². The number of unbranched alkanes of at least 4 members (excludes halogenated alkanes) is 1.